The van der Waals surface area contributed by atoms with Crippen molar-refractivity contribution < 1.29 is 19.0 Å². The first-order chi connectivity index (χ1) is 14.3. The van der Waals surface area contributed by atoms with E-state index in [2.05, 4.69) is 10.2 Å². The molecular weight excluding hydrogens is 368 g/mol. The molecule has 1 N–H and O–H groups in total. The molecule has 6 heteroatoms. The lowest BCUT2D eigenvalue weighted by Crippen LogP contribution is -2.52. The molecule has 1 amide bonds. The number of carbonyl (C=O) groups is 1. The van der Waals surface area contributed by atoms with Gasteiger partial charge < -0.3 is 19.5 Å². The van der Waals surface area contributed by atoms with Crippen LogP contribution >= 0.6 is 0 Å². The average molecular weight is 396 g/mol. The maximum Gasteiger partial charge on any atom is 0.251 e. The molecule has 1 saturated heterocycles. The number of carbonyl (C=O) groups excluding carboxylic acids is 1. The van der Waals surface area contributed by atoms with Crippen LogP contribution in [-0.2, 0) is 4.74 Å². The molecule has 6 nitrogen and oxygen atoms in total. The molecule has 0 aliphatic carbocycles. The van der Waals surface area contributed by atoms with E-state index >= 15 is 0 Å². The van der Waals surface area contributed by atoms with Crippen LogP contribution in [0.3, 0.4) is 0 Å². The van der Waals surface area contributed by atoms with Gasteiger partial charge >= 0.3 is 0 Å². The van der Waals surface area contributed by atoms with Crippen molar-refractivity contribution >= 4 is 5.91 Å². The van der Waals surface area contributed by atoms with Crippen LogP contribution in [0.4, 0.5) is 0 Å². The molecule has 154 valence electrons. The summed E-state index contributed by atoms with van der Waals surface area (Å²) in [6.45, 7) is 3.90. The minimum absolute atomic E-state index is 0.0109. The number of morpholine rings is 1. The smallest absolute Gasteiger partial charge is 0.251 e. The van der Waals surface area contributed by atoms with Crippen LogP contribution in [0.5, 0.6) is 11.5 Å². The Bertz CT molecular complexity index is 827. The van der Waals surface area contributed by atoms with Crippen LogP contribution in [-0.4, -0.2) is 56.8 Å². The molecule has 4 rings (SSSR count). The summed E-state index contributed by atoms with van der Waals surface area (Å²) in [5.74, 6) is 1.70. The normalized spacial score (nSPS) is 20.9. The van der Waals surface area contributed by atoms with Gasteiger partial charge in [-0.3, -0.25) is 9.69 Å². The van der Waals surface area contributed by atoms with Gasteiger partial charge in [-0.05, 0) is 49.7 Å². The first-order valence-corrected chi connectivity index (χ1v) is 10.3. The van der Waals surface area contributed by atoms with Crippen LogP contribution < -0.4 is 14.8 Å². The topological polar surface area (TPSA) is 60.0 Å². The van der Waals surface area contributed by atoms with Crippen molar-refractivity contribution in [3.63, 3.8) is 0 Å². The third-order valence-electron chi connectivity index (χ3n) is 5.62. The first-order valence-electron chi connectivity index (χ1n) is 10.3. The van der Waals surface area contributed by atoms with Crippen molar-refractivity contribution in [2.24, 2.45) is 0 Å². The maximum atomic E-state index is 12.1. The fraction of sp³-hybridized carbons (Fsp3) is 0.435. The van der Waals surface area contributed by atoms with Gasteiger partial charge in [-0.15, -0.1) is 0 Å². The summed E-state index contributed by atoms with van der Waals surface area (Å²) >= 11 is 0. The Morgan fingerprint density at radius 2 is 2.07 bits per heavy atom. The Kier molecular flexibility index (Phi) is 6.32. The number of hydrogen-bond acceptors (Lipinski definition) is 5. The summed E-state index contributed by atoms with van der Waals surface area (Å²) in [4.78, 5) is 14.6. The summed E-state index contributed by atoms with van der Waals surface area (Å²) < 4.78 is 17.5. The third kappa shape index (κ3) is 4.54. The highest BCUT2D eigenvalue weighted by atomic mass is 16.5. The van der Waals surface area contributed by atoms with Crippen LogP contribution in [0, 0.1) is 0 Å². The molecule has 0 unspecified atom stereocenters. The van der Waals surface area contributed by atoms with Gasteiger partial charge in [0.2, 0.25) is 0 Å². The highest BCUT2D eigenvalue weighted by Gasteiger charge is 2.38. The summed E-state index contributed by atoms with van der Waals surface area (Å²) in [6, 6.07) is 15.4. The highest BCUT2D eigenvalue weighted by molar-refractivity contribution is 5.94. The summed E-state index contributed by atoms with van der Waals surface area (Å²) in [5.41, 5.74) is 1.78. The molecule has 1 fully saturated rings. The molecule has 2 atom stereocenters. The van der Waals surface area contributed by atoms with Crippen LogP contribution in [0.15, 0.2) is 48.5 Å². The zero-order valence-corrected chi connectivity index (χ0v) is 16.8. The van der Waals surface area contributed by atoms with Gasteiger partial charge in [-0.25, -0.2) is 0 Å². The average Bonchev–Trinajstić information content (AvgIpc) is 2.78. The van der Waals surface area contributed by atoms with Crippen LogP contribution in [0.25, 0.3) is 0 Å². The van der Waals surface area contributed by atoms with E-state index in [0.717, 1.165) is 43.0 Å². The molecule has 2 aromatic carbocycles. The SMILES string of the molecule is COc1ccc2c(c1)[C@H]1OCCN(CCCCNC(=O)c3ccccc3)[C@@H]1CO2. The van der Waals surface area contributed by atoms with Gasteiger partial charge in [0, 0.05) is 24.2 Å². The predicted octanol–water partition coefficient (Wildman–Crippen LogP) is 3.04. The molecule has 0 aromatic heterocycles. The van der Waals surface area contributed by atoms with Gasteiger partial charge in [-0.2, -0.15) is 0 Å². The monoisotopic (exact) mass is 396 g/mol. The largest absolute Gasteiger partial charge is 0.497 e. The van der Waals surface area contributed by atoms with Crippen molar-refractivity contribution in [2.75, 3.05) is 40.0 Å². The number of nitrogens with zero attached hydrogens (tertiary/aromatic N) is 1. The molecule has 29 heavy (non-hydrogen) atoms. The number of rotatable bonds is 7. The Hall–Kier alpha value is -2.57. The molecule has 0 bridgehead atoms. The molecule has 2 aromatic rings. The van der Waals surface area contributed by atoms with E-state index in [-0.39, 0.29) is 18.1 Å². The number of methoxy groups -OCH3 is 1. The van der Waals surface area contributed by atoms with Crippen molar-refractivity contribution in [1.29, 1.82) is 0 Å². The van der Waals surface area contributed by atoms with E-state index in [1.807, 2.05) is 48.5 Å². The Morgan fingerprint density at radius 1 is 1.21 bits per heavy atom. The van der Waals surface area contributed by atoms with E-state index in [4.69, 9.17) is 14.2 Å². The lowest BCUT2D eigenvalue weighted by Gasteiger charge is -2.44. The Balaban J connectivity index is 1.27. The zero-order valence-electron chi connectivity index (χ0n) is 16.8. The maximum absolute atomic E-state index is 12.1. The first kappa shape index (κ1) is 19.7. The molecule has 0 spiro atoms. The van der Waals surface area contributed by atoms with Gasteiger partial charge in [0.25, 0.3) is 5.91 Å². The standard InChI is InChI=1S/C23H28N2O4/c1-27-18-9-10-21-19(15-18)22-20(16-29-21)25(13-14-28-22)12-6-5-11-24-23(26)17-7-3-2-4-8-17/h2-4,7-10,15,20,22H,5-6,11-14,16H2,1H3,(H,24,26)/t20-,22-/m1/s1. The second kappa shape index (κ2) is 9.29. The quantitative estimate of drug-likeness (QED) is 0.729. The van der Waals surface area contributed by atoms with Crippen LogP contribution in [0.2, 0.25) is 0 Å². The Morgan fingerprint density at radius 3 is 2.90 bits per heavy atom. The van der Waals surface area contributed by atoms with Crippen molar-refractivity contribution in [3.05, 3.63) is 59.7 Å². The van der Waals surface area contributed by atoms with Gasteiger partial charge in [0.1, 0.15) is 24.2 Å². The minimum atomic E-state index is -0.0109. The number of hydrogen-bond donors (Lipinski definition) is 1. The van der Waals surface area contributed by atoms with Gasteiger partial charge in [0.15, 0.2) is 0 Å². The molecular formula is C23H28N2O4. The number of ether oxygens (including phenoxy) is 3. The molecule has 0 radical (unpaired) electrons. The summed E-state index contributed by atoms with van der Waals surface area (Å²) in [6.07, 6.45) is 1.97. The van der Waals surface area contributed by atoms with E-state index in [9.17, 15) is 4.79 Å². The number of nitrogens with one attached hydrogen (secondary N) is 1. The number of fused-ring (bicyclic) bond motifs is 3. The van der Waals surface area contributed by atoms with E-state index in [0.29, 0.717) is 25.3 Å². The van der Waals surface area contributed by atoms with E-state index < -0.39 is 0 Å². The highest BCUT2D eigenvalue weighted by Crippen LogP contribution is 2.40. The zero-order chi connectivity index (χ0) is 20.1. The minimum Gasteiger partial charge on any atom is -0.497 e. The third-order valence-corrected chi connectivity index (χ3v) is 5.62. The lowest BCUT2D eigenvalue weighted by molar-refractivity contribution is -0.0960. The van der Waals surface area contributed by atoms with Crippen molar-refractivity contribution in [2.45, 2.75) is 25.0 Å². The van der Waals surface area contributed by atoms with Crippen LogP contribution in [0.1, 0.15) is 34.9 Å². The fourth-order valence-electron chi connectivity index (χ4n) is 4.05. The number of unbranched alkanes of at least 4 members (excludes halogenated alkanes) is 1. The number of amides is 1. The van der Waals surface area contributed by atoms with Gasteiger partial charge in [0.05, 0.1) is 19.8 Å². The van der Waals surface area contributed by atoms with Crippen molar-refractivity contribution in [3.8, 4) is 11.5 Å². The van der Waals surface area contributed by atoms with Gasteiger partial charge in [-0.1, -0.05) is 18.2 Å². The summed E-state index contributed by atoms with van der Waals surface area (Å²) in [5, 5.41) is 3.00. The molecule has 2 aliphatic rings. The molecule has 2 aliphatic heterocycles. The lowest BCUT2D eigenvalue weighted by atomic mass is 9.96. The molecule has 2 heterocycles. The predicted molar refractivity (Wildman–Crippen MR) is 111 cm³/mol. The second-order valence-corrected chi connectivity index (χ2v) is 7.44. The van der Waals surface area contributed by atoms with E-state index in [1.165, 1.54) is 0 Å². The van der Waals surface area contributed by atoms with Crippen molar-refractivity contribution in [1.82, 2.24) is 10.2 Å². The van der Waals surface area contributed by atoms with E-state index in [1.54, 1.807) is 7.11 Å². The summed E-state index contributed by atoms with van der Waals surface area (Å²) in [7, 11) is 1.67. The Labute approximate surface area is 171 Å². The second-order valence-electron chi connectivity index (χ2n) is 7.44. The number of benzene rings is 2. The fourth-order valence-corrected chi connectivity index (χ4v) is 4.05. The molecule has 0 saturated carbocycles.